The van der Waals surface area contributed by atoms with Crippen LogP contribution in [-0.4, -0.2) is 18.5 Å². The topological polar surface area (TPSA) is 55.1 Å². The molecular weight excluding hydrogens is 236 g/mol. The van der Waals surface area contributed by atoms with Crippen LogP contribution in [0, 0.1) is 19.8 Å². The molecule has 0 saturated carbocycles. The molecule has 3 heteroatoms. The van der Waals surface area contributed by atoms with Crippen molar-refractivity contribution in [2.24, 2.45) is 11.7 Å². The Morgan fingerprint density at radius 2 is 1.95 bits per heavy atom. The number of carbonyl (C=O) groups is 1. The summed E-state index contributed by atoms with van der Waals surface area (Å²) in [5.74, 6) is 0.606. The number of nitrogens with one attached hydrogen (secondary N) is 1. The fourth-order valence-corrected chi connectivity index (χ4v) is 2.10. The van der Waals surface area contributed by atoms with Crippen LogP contribution in [0.4, 0.5) is 0 Å². The van der Waals surface area contributed by atoms with E-state index in [1.165, 1.54) is 11.1 Å². The molecule has 1 atom stereocenters. The molecule has 1 aromatic rings. The van der Waals surface area contributed by atoms with E-state index in [1.807, 2.05) is 6.07 Å². The molecule has 0 aliphatic carbocycles. The first-order valence-electron chi connectivity index (χ1n) is 6.97. The first-order valence-corrected chi connectivity index (χ1v) is 6.97. The maximum atomic E-state index is 11.8. The number of amides is 1. The molecule has 0 aromatic heterocycles. The van der Waals surface area contributed by atoms with Gasteiger partial charge in [-0.2, -0.15) is 0 Å². The lowest BCUT2D eigenvalue weighted by Gasteiger charge is -2.15. The van der Waals surface area contributed by atoms with Gasteiger partial charge in [-0.05, 0) is 42.9 Å². The second kappa shape index (κ2) is 7.29. The molecule has 3 N–H and O–H groups in total. The third kappa shape index (κ3) is 5.88. The van der Waals surface area contributed by atoms with Crippen LogP contribution < -0.4 is 11.1 Å². The monoisotopic (exact) mass is 262 g/mol. The Balaban J connectivity index is 2.40. The zero-order chi connectivity index (χ0) is 14.4. The molecule has 0 bridgehead atoms. The fraction of sp³-hybridized carbons (Fsp3) is 0.562. The van der Waals surface area contributed by atoms with E-state index in [1.54, 1.807) is 0 Å². The molecule has 1 amide bonds. The summed E-state index contributed by atoms with van der Waals surface area (Å²) in [7, 11) is 0. The van der Waals surface area contributed by atoms with Gasteiger partial charge in [0, 0.05) is 12.6 Å². The smallest absolute Gasteiger partial charge is 0.224 e. The number of hydrogen-bond donors (Lipinski definition) is 2. The summed E-state index contributed by atoms with van der Waals surface area (Å²) in [6.07, 6.45) is 1.36. The number of nitrogens with two attached hydrogens (primary N) is 1. The van der Waals surface area contributed by atoms with Crippen LogP contribution in [0.25, 0.3) is 0 Å². The zero-order valence-electron chi connectivity index (χ0n) is 12.5. The Hall–Kier alpha value is -1.35. The lowest BCUT2D eigenvalue weighted by molar-refractivity contribution is -0.120. The van der Waals surface area contributed by atoms with E-state index >= 15 is 0 Å². The van der Waals surface area contributed by atoms with Crippen molar-refractivity contribution in [3.05, 3.63) is 34.9 Å². The lowest BCUT2D eigenvalue weighted by atomic mass is 10.0. The van der Waals surface area contributed by atoms with E-state index in [0.717, 1.165) is 12.0 Å². The molecule has 19 heavy (non-hydrogen) atoms. The van der Waals surface area contributed by atoms with Gasteiger partial charge in [0.15, 0.2) is 0 Å². The minimum absolute atomic E-state index is 0.0439. The number of rotatable bonds is 6. The van der Waals surface area contributed by atoms with Crippen molar-refractivity contribution in [1.29, 1.82) is 0 Å². The number of benzene rings is 1. The zero-order valence-corrected chi connectivity index (χ0v) is 12.5. The molecule has 3 nitrogen and oxygen atoms in total. The highest BCUT2D eigenvalue weighted by Gasteiger charge is 2.08. The van der Waals surface area contributed by atoms with Gasteiger partial charge in [0.25, 0.3) is 0 Å². The molecule has 0 saturated heterocycles. The molecule has 0 heterocycles. The Bertz CT molecular complexity index is 427. The van der Waals surface area contributed by atoms with Crippen LogP contribution in [0.3, 0.4) is 0 Å². The summed E-state index contributed by atoms with van der Waals surface area (Å²) in [4.78, 5) is 11.8. The van der Waals surface area contributed by atoms with Crippen LogP contribution in [0.5, 0.6) is 0 Å². The van der Waals surface area contributed by atoms with Crippen molar-refractivity contribution < 1.29 is 4.79 Å². The highest BCUT2D eigenvalue weighted by molar-refractivity contribution is 5.78. The van der Waals surface area contributed by atoms with Crippen molar-refractivity contribution in [2.45, 2.75) is 46.6 Å². The third-order valence-electron chi connectivity index (χ3n) is 3.27. The van der Waals surface area contributed by atoms with Crippen LogP contribution in [-0.2, 0) is 11.2 Å². The summed E-state index contributed by atoms with van der Waals surface area (Å²) in [5, 5.41) is 2.91. The van der Waals surface area contributed by atoms with E-state index in [2.05, 4.69) is 45.1 Å². The lowest BCUT2D eigenvalue weighted by Crippen LogP contribution is -2.38. The Morgan fingerprint density at radius 1 is 1.26 bits per heavy atom. The van der Waals surface area contributed by atoms with E-state index in [0.29, 0.717) is 18.9 Å². The average molecular weight is 262 g/mol. The molecule has 0 spiro atoms. The maximum absolute atomic E-state index is 11.8. The molecule has 106 valence electrons. The Morgan fingerprint density at radius 3 is 2.53 bits per heavy atom. The molecule has 0 aliphatic rings. The number of hydrogen-bond acceptors (Lipinski definition) is 2. The number of aryl methyl sites for hydroxylation is 2. The summed E-state index contributed by atoms with van der Waals surface area (Å²) in [6, 6.07) is 6.19. The second-order valence-electron chi connectivity index (χ2n) is 5.79. The summed E-state index contributed by atoms with van der Waals surface area (Å²) >= 11 is 0. The average Bonchev–Trinajstić information content (AvgIpc) is 2.30. The van der Waals surface area contributed by atoms with Gasteiger partial charge in [-0.15, -0.1) is 0 Å². The molecule has 0 fully saturated rings. The van der Waals surface area contributed by atoms with Gasteiger partial charge in [0.05, 0.1) is 6.42 Å². The fourth-order valence-electron chi connectivity index (χ4n) is 2.10. The van der Waals surface area contributed by atoms with Gasteiger partial charge in [-0.25, -0.2) is 0 Å². The van der Waals surface area contributed by atoms with Crippen LogP contribution >= 0.6 is 0 Å². The molecular formula is C16H26N2O. The highest BCUT2D eigenvalue weighted by Crippen LogP contribution is 2.10. The predicted octanol–water partition coefficient (Wildman–Crippen LogP) is 2.34. The first-order chi connectivity index (χ1) is 8.88. The quantitative estimate of drug-likeness (QED) is 0.826. The van der Waals surface area contributed by atoms with Crippen molar-refractivity contribution >= 4 is 5.91 Å². The summed E-state index contributed by atoms with van der Waals surface area (Å²) < 4.78 is 0. The molecule has 1 unspecified atom stereocenters. The number of carbonyl (C=O) groups excluding carboxylic acids is 1. The normalized spacial score (nSPS) is 12.5. The Labute approximate surface area is 116 Å². The highest BCUT2D eigenvalue weighted by atomic mass is 16.1. The minimum atomic E-state index is 0.0439. The molecule has 1 aromatic carbocycles. The van der Waals surface area contributed by atoms with Crippen molar-refractivity contribution in [2.75, 3.05) is 6.54 Å². The molecule has 0 radical (unpaired) electrons. The third-order valence-corrected chi connectivity index (χ3v) is 3.27. The van der Waals surface area contributed by atoms with Crippen molar-refractivity contribution in [3.63, 3.8) is 0 Å². The van der Waals surface area contributed by atoms with E-state index < -0.39 is 0 Å². The second-order valence-corrected chi connectivity index (χ2v) is 5.79. The van der Waals surface area contributed by atoms with Gasteiger partial charge >= 0.3 is 0 Å². The van der Waals surface area contributed by atoms with Crippen LogP contribution in [0.1, 0.15) is 37.0 Å². The van der Waals surface area contributed by atoms with Crippen molar-refractivity contribution in [3.8, 4) is 0 Å². The maximum Gasteiger partial charge on any atom is 0.224 e. The van der Waals surface area contributed by atoms with Gasteiger partial charge in [-0.1, -0.05) is 32.0 Å². The summed E-state index contributed by atoms with van der Waals surface area (Å²) in [6.45, 7) is 8.97. The standard InChI is InChI=1S/C16H26N2O/c1-11(2)7-15(17)10-18-16(19)9-14-6-5-12(3)13(4)8-14/h5-6,8,11,15H,7,9-10,17H2,1-4H3,(H,18,19). The van der Waals surface area contributed by atoms with Crippen molar-refractivity contribution in [1.82, 2.24) is 5.32 Å². The predicted molar refractivity (Wildman–Crippen MR) is 80.1 cm³/mol. The minimum Gasteiger partial charge on any atom is -0.354 e. The van der Waals surface area contributed by atoms with Crippen LogP contribution in [0.15, 0.2) is 18.2 Å². The van der Waals surface area contributed by atoms with Gasteiger partial charge < -0.3 is 11.1 Å². The van der Waals surface area contributed by atoms with E-state index in [9.17, 15) is 4.79 Å². The van der Waals surface area contributed by atoms with Gasteiger partial charge in [0.2, 0.25) is 5.91 Å². The molecule has 0 aliphatic heterocycles. The van der Waals surface area contributed by atoms with Crippen LogP contribution in [0.2, 0.25) is 0 Å². The largest absolute Gasteiger partial charge is 0.354 e. The van der Waals surface area contributed by atoms with Gasteiger partial charge in [0.1, 0.15) is 0 Å². The molecule has 1 rings (SSSR count). The van der Waals surface area contributed by atoms with Gasteiger partial charge in [-0.3, -0.25) is 4.79 Å². The van der Waals surface area contributed by atoms with E-state index in [-0.39, 0.29) is 11.9 Å². The first kappa shape index (κ1) is 15.7. The Kier molecular flexibility index (Phi) is 6.03. The summed E-state index contributed by atoms with van der Waals surface area (Å²) in [5.41, 5.74) is 9.48. The SMILES string of the molecule is Cc1ccc(CC(=O)NCC(N)CC(C)C)cc1C. The van der Waals surface area contributed by atoms with E-state index in [4.69, 9.17) is 5.73 Å².